The molecule has 9 nitrogen and oxygen atoms in total. The summed E-state index contributed by atoms with van der Waals surface area (Å²) in [6.45, 7) is 8.16. The van der Waals surface area contributed by atoms with Crippen LogP contribution in [0.15, 0.2) is 35.1 Å². The number of esters is 1. The van der Waals surface area contributed by atoms with Crippen molar-refractivity contribution in [1.29, 1.82) is 0 Å². The third-order valence-corrected chi connectivity index (χ3v) is 5.67. The van der Waals surface area contributed by atoms with Crippen molar-refractivity contribution in [3.63, 3.8) is 0 Å². The quantitative estimate of drug-likeness (QED) is 0.442. The molecule has 0 aliphatic carbocycles. The zero-order chi connectivity index (χ0) is 24.7. The summed E-state index contributed by atoms with van der Waals surface area (Å²) in [6.07, 6.45) is 1.88. The molecule has 34 heavy (non-hydrogen) atoms. The summed E-state index contributed by atoms with van der Waals surface area (Å²) >= 11 is 0. The molecule has 0 unspecified atom stereocenters. The van der Waals surface area contributed by atoms with Gasteiger partial charge in [0.15, 0.2) is 0 Å². The van der Waals surface area contributed by atoms with E-state index >= 15 is 0 Å². The van der Waals surface area contributed by atoms with Gasteiger partial charge in [-0.2, -0.15) is 0 Å². The van der Waals surface area contributed by atoms with Crippen LogP contribution in [0.5, 0.6) is 5.75 Å². The molecular weight excluding hydrogens is 438 g/mol. The van der Waals surface area contributed by atoms with Crippen molar-refractivity contribution < 1.29 is 23.8 Å². The molecule has 186 valence electrons. The lowest BCUT2D eigenvalue weighted by Gasteiger charge is -2.23. The van der Waals surface area contributed by atoms with Gasteiger partial charge in [-0.1, -0.05) is 0 Å². The van der Waals surface area contributed by atoms with Crippen LogP contribution < -0.4 is 15.6 Å². The SMILES string of the molecule is COC(=O)[C@@H]1CCCN1CCn1c(=O)ccc2ccc(OCCCNC(=O)OC(C)(C)C)cc21. The van der Waals surface area contributed by atoms with E-state index < -0.39 is 11.7 Å². The van der Waals surface area contributed by atoms with Gasteiger partial charge in [0.2, 0.25) is 0 Å². The predicted molar refractivity (Wildman–Crippen MR) is 129 cm³/mol. The lowest BCUT2D eigenvalue weighted by atomic mass is 10.2. The van der Waals surface area contributed by atoms with E-state index in [1.165, 1.54) is 7.11 Å². The standard InChI is InChI=1S/C25H35N3O6/c1-25(2,3)34-24(31)26-12-6-16-33-19-10-8-18-9-11-22(29)28(21(18)17-19)15-14-27-13-5-7-20(27)23(30)32-4/h8-11,17,20H,5-7,12-16H2,1-4H3,(H,26,31)/t20-/m0/s1. The molecule has 1 N–H and O–H groups in total. The predicted octanol–water partition coefficient (Wildman–Crippen LogP) is 2.93. The van der Waals surface area contributed by atoms with E-state index in [0.717, 1.165) is 30.3 Å². The van der Waals surface area contributed by atoms with Crippen LogP contribution in [-0.2, 0) is 20.8 Å². The van der Waals surface area contributed by atoms with E-state index in [-0.39, 0.29) is 17.6 Å². The lowest BCUT2D eigenvalue weighted by Crippen LogP contribution is -2.39. The third kappa shape index (κ3) is 6.96. The van der Waals surface area contributed by atoms with Gasteiger partial charge in [-0.15, -0.1) is 0 Å². The summed E-state index contributed by atoms with van der Waals surface area (Å²) in [5, 5.41) is 3.64. The lowest BCUT2D eigenvalue weighted by molar-refractivity contribution is -0.145. The Morgan fingerprint density at radius 2 is 1.91 bits per heavy atom. The summed E-state index contributed by atoms with van der Waals surface area (Å²) in [5.74, 6) is 0.428. The molecule has 0 saturated carbocycles. The molecule has 3 rings (SSSR count). The maximum atomic E-state index is 12.6. The second kappa shape index (κ2) is 11.4. The molecule has 1 aliphatic heterocycles. The highest BCUT2D eigenvalue weighted by Crippen LogP contribution is 2.21. The number of hydrogen-bond donors (Lipinski definition) is 1. The highest BCUT2D eigenvalue weighted by molar-refractivity contribution is 5.80. The molecule has 9 heteroatoms. The van der Waals surface area contributed by atoms with Gasteiger partial charge in [0.25, 0.3) is 5.56 Å². The summed E-state index contributed by atoms with van der Waals surface area (Å²) in [5.41, 5.74) is 0.155. The van der Waals surface area contributed by atoms with Crippen LogP contribution in [0, 0.1) is 0 Å². The Balaban J connectivity index is 1.60. The van der Waals surface area contributed by atoms with Gasteiger partial charge >= 0.3 is 12.1 Å². The van der Waals surface area contributed by atoms with Crippen molar-refractivity contribution in [3.8, 4) is 5.75 Å². The summed E-state index contributed by atoms with van der Waals surface area (Å²) in [7, 11) is 1.41. The first kappa shape index (κ1) is 25.6. The average molecular weight is 474 g/mol. The monoisotopic (exact) mass is 473 g/mol. The van der Waals surface area contributed by atoms with E-state index in [2.05, 4.69) is 10.2 Å². The minimum atomic E-state index is -0.531. The normalized spacial score (nSPS) is 16.4. The van der Waals surface area contributed by atoms with Gasteiger partial charge < -0.3 is 24.1 Å². The minimum Gasteiger partial charge on any atom is -0.493 e. The second-order valence-electron chi connectivity index (χ2n) is 9.39. The number of likely N-dealkylation sites (tertiary alicyclic amines) is 1. The Morgan fingerprint density at radius 3 is 2.65 bits per heavy atom. The number of hydrogen-bond acceptors (Lipinski definition) is 7. The van der Waals surface area contributed by atoms with Crippen LogP contribution in [0.25, 0.3) is 10.9 Å². The number of benzene rings is 1. The maximum absolute atomic E-state index is 12.6. The first-order chi connectivity index (χ1) is 16.2. The van der Waals surface area contributed by atoms with Gasteiger partial charge in [0, 0.05) is 31.8 Å². The van der Waals surface area contributed by atoms with Gasteiger partial charge in [-0.3, -0.25) is 14.5 Å². The highest BCUT2D eigenvalue weighted by Gasteiger charge is 2.31. The number of nitrogens with one attached hydrogen (secondary N) is 1. The molecule has 1 aromatic carbocycles. The molecular formula is C25H35N3O6. The van der Waals surface area contributed by atoms with Crippen molar-refractivity contribution >= 4 is 23.0 Å². The number of fused-ring (bicyclic) bond motifs is 1. The van der Waals surface area contributed by atoms with Gasteiger partial charge in [-0.25, -0.2) is 4.79 Å². The third-order valence-electron chi connectivity index (χ3n) is 5.67. The van der Waals surface area contributed by atoms with Gasteiger partial charge in [0.05, 0.1) is 19.2 Å². The minimum absolute atomic E-state index is 0.0972. The van der Waals surface area contributed by atoms with Crippen molar-refractivity contribution in [2.24, 2.45) is 0 Å². The van der Waals surface area contributed by atoms with E-state index in [9.17, 15) is 14.4 Å². The smallest absolute Gasteiger partial charge is 0.407 e. The molecule has 1 fully saturated rings. The van der Waals surface area contributed by atoms with Crippen LogP contribution in [0.4, 0.5) is 4.79 Å². The average Bonchev–Trinajstić information content (AvgIpc) is 3.25. The number of rotatable bonds is 9. The number of pyridine rings is 1. The molecule has 0 spiro atoms. The molecule has 1 atom stereocenters. The molecule has 0 bridgehead atoms. The Morgan fingerprint density at radius 1 is 1.15 bits per heavy atom. The number of nitrogens with zero attached hydrogens (tertiary/aromatic N) is 2. The van der Waals surface area contributed by atoms with Crippen molar-refractivity contribution in [1.82, 2.24) is 14.8 Å². The number of methoxy groups -OCH3 is 1. The van der Waals surface area contributed by atoms with Gasteiger partial charge in [-0.05, 0) is 70.2 Å². The number of ether oxygens (including phenoxy) is 3. The summed E-state index contributed by atoms with van der Waals surface area (Å²) in [4.78, 5) is 38.5. The first-order valence-corrected chi connectivity index (χ1v) is 11.7. The highest BCUT2D eigenvalue weighted by atomic mass is 16.6. The van der Waals surface area contributed by atoms with E-state index in [0.29, 0.717) is 38.4 Å². The number of carbonyl (C=O) groups excluding carboxylic acids is 2. The van der Waals surface area contributed by atoms with Crippen molar-refractivity contribution in [2.45, 2.75) is 58.2 Å². The topological polar surface area (TPSA) is 99.1 Å². The fraction of sp³-hybridized carbons (Fsp3) is 0.560. The van der Waals surface area contributed by atoms with Crippen molar-refractivity contribution in [3.05, 3.63) is 40.7 Å². The largest absolute Gasteiger partial charge is 0.493 e. The summed E-state index contributed by atoms with van der Waals surface area (Å²) in [6, 6.07) is 8.77. The van der Waals surface area contributed by atoms with Crippen LogP contribution in [0.1, 0.15) is 40.0 Å². The van der Waals surface area contributed by atoms with E-state index in [1.807, 2.05) is 39.0 Å². The fourth-order valence-electron chi connectivity index (χ4n) is 4.08. The maximum Gasteiger partial charge on any atom is 0.407 e. The van der Waals surface area contributed by atoms with E-state index in [4.69, 9.17) is 14.2 Å². The molecule has 0 radical (unpaired) electrons. The molecule has 2 heterocycles. The Kier molecular flexibility index (Phi) is 8.55. The first-order valence-electron chi connectivity index (χ1n) is 11.7. The summed E-state index contributed by atoms with van der Waals surface area (Å²) < 4.78 is 17.7. The number of carbonyl (C=O) groups is 2. The Hall–Kier alpha value is -3.07. The number of alkyl carbamates (subject to hydrolysis) is 1. The Bertz CT molecular complexity index is 1060. The zero-order valence-corrected chi connectivity index (χ0v) is 20.5. The van der Waals surface area contributed by atoms with Crippen LogP contribution in [-0.4, -0.2) is 66.5 Å². The zero-order valence-electron chi connectivity index (χ0n) is 20.5. The molecule has 1 aromatic heterocycles. The Labute approximate surface area is 200 Å². The van der Waals surface area contributed by atoms with Crippen LogP contribution in [0.2, 0.25) is 0 Å². The van der Waals surface area contributed by atoms with Crippen LogP contribution in [0.3, 0.4) is 0 Å². The molecule has 1 amide bonds. The molecule has 2 aromatic rings. The number of aromatic nitrogens is 1. The van der Waals surface area contributed by atoms with Gasteiger partial charge in [0.1, 0.15) is 17.4 Å². The van der Waals surface area contributed by atoms with Crippen LogP contribution >= 0.6 is 0 Å². The molecule has 1 aliphatic rings. The second-order valence-corrected chi connectivity index (χ2v) is 9.39. The molecule has 1 saturated heterocycles. The van der Waals surface area contributed by atoms with Crippen molar-refractivity contribution in [2.75, 3.05) is 33.4 Å². The fourth-order valence-corrected chi connectivity index (χ4v) is 4.08. The number of amides is 1. The van der Waals surface area contributed by atoms with E-state index in [1.54, 1.807) is 16.7 Å².